The molecule has 0 fully saturated rings. The number of aryl methyl sites for hydroxylation is 1. The first kappa shape index (κ1) is 20.5. The van der Waals surface area contributed by atoms with Crippen molar-refractivity contribution in [2.75, 3.05) is 11.8 Å². The summed E-state index contributed by atoms with van der Waals surface area (Å²) in [5.41, 5.74) is 3.13. The van der Waals surface area contributed by atoms with Crippen LogP contribution in [0.1, 0.15) is 10.4 Å². The number of rotatable bonds is 5. The van der Waals surface area contributed by atoms with Crippen LogP contribution in [0, 0.1) is 5.82 Å². The van der Waals surface area contributed by atoms with E-state index in [2.05, 4.69) is 15.0 Å². The Morgan fingerprint density at radius 1 is 1.00 bits per heavy atom. The SMILES string of the molecule is CNC(=O)c1ccc(-c2nc3cc(NS(=O)(=O)c4ccc(F)cc4)ccc3n2C)cc1. The van der Waals surface area contributed by atoms with Gasteiger partial charge >= 0.3 is 0 Å². The van der Waals surface area contributed by atoms with Crippen molar-refractivity contribution in [1.82, 2.24) is 14.9 Å². The molecule has 0 saturated heterocycles. The van der Waals surface area contributed by atoms with Gasteiger partial charge in [-0.1, -0.05) is 12.1 Å². The Morgan fingerprint density at radius 2 is 1.68 bits per heavy atom. The van der Waals surface area contributed by atoms with Crippen molar-refractivity contribution in [3.8, 4) is 11.4 Å². The second-order valence-electron chi connectivity index (χ2n) is 6.91. The van der Waals surface area contributed by atoms with Crippen molar-refractivity contribution in [2.45, 2.75) is 4.90 Å². The number of hydrogen-bond donors (Lipinski definition) is 2. The fourth-order valence-corrected chi connectivity index (χ4v) is 4.31. The number of anilines is 1. The van der Waals surface area contributed by atoms with Crippen molar-refractivity contribution >= 4 is 32.7 Å². The van der Waals surface area contributed by atoms with Crippen molar-refractivity contribution in [2.24, 2.45) is 7.05 Å². The fraction of sp³-hybridized carbons (Fsp3) is 0.0909. The molecule has 2 N–H and O–H groups in total. The molecule has 3 aromatic carbocycles. The number of carbonyl (C=O) groups is 1. The number of hydrogen-bond acceptors (Lipinski definition) is 4. The minimum Gasteiger partial charge on any atom is -0.355 e. The summed E-state index contributed by atoms with van der Waals surface area (Å²) >= 11 is 0. The lowest BCUT2D eigenvalue weighted by molar-refractivity contribution is 0.0963. The number of nitrogens with zero attached hydrogens (tertiary/aromatic N) is 2. The van der Waals surface area contributed by atoms with E-state index in [0.717, 1.165) is 23.2 Å². The van der Waals surface area contributed by atoms with Gasteiger partial charge in [0.1, 0.15) is 11.6 Å². The van der Waals surface area contributed by atoms with E-state index in [4.69, 9.17) is 0 Å². The molecule has 0 unspecified atom stereocenters. The summed E-state index contributed by atoms with van der Waals surface area (Å²) in [5.74, 6) is -0.00336. The molecule has 4 aromatic rings. The quantitative estimate of drug-likeness (QED) is 0.498. The Bertz CT molecular complexity index is 1380. The van der Waals surface area contributed by atoms with Crippen LogP contribution in [-0.4, -0.2) is 30.9 Å². The Morgan fingerprint density at radius 3 is 2.32 bits per heavy atom. The number of benzene rings is 3. The maximum absolute atomic E-state index is 13.1. The van der Waals surface area contributed by atoms with Crippen molar-refractivity contribution in [1.29, 1.82) is 0 Å². The number of nitrogens with one attached hydrogen (secondary N) is 2. The number of halogens is 1. The van der Waals surface area contributed by atoms with Gasteiger partial charge < -0.3 is 9.88 Å². The molecule has 0 bridgehead atoms. The van der Waals surface area contributed by atoms with Gasteiger partial charge in [0.15, 0.2) is 0 Å². The molecule has 158 valence electrons. The van der Waals surface area contributed by atoms with Gasteiger partial charge in [0.2, 0.25) is 0 Å². The monoisotopic (exact) mass is 438 g/mol. The van der Waals surface area contributed by atoms with Crippen LogP contribution in [-0.2, 0) is 17.1 Å². The van der Waals surface area contributed by atoms with E-state index in [1.807, 2.05) is 23.7 Å². The van der Waals surface area contributed by atoms with Crippen molar-refractivity contribution < 1.29 is 17.6 Å². The van der Waals surface area contributed by atoms with E-state index < -0.39 is 15.8 Å². The number of imidazole rings is 1. The lowest BCUT2D eigenvalue weighted by Gasteiger charge is -2.08. The van der Waals surface area contributed by atoms with Gasteiger partial charge in [-0.25, -0.2) is 17.8 Å². The zero-order chi connectivity index (χ0) is 22.2. The molecule has 0 atom stereocenters. The third kappa shape index (κ3) is 3.99. The molecule has 0 aliphatic heterocycles. The minimum atomic E-state index is -3.86. The number of fused-ring (bicyclic) bond motifs is 1. The Balaban J connectivity index is 1.66. The molecule has 0 aliphatic carbocycles. The summed E-state index contributed by atoms with van der Waals surface area (Å²) in [6.45, 7) is 0. The second kappa shape index (κ2) is 7.84. The molecule has 0 spiro atoms. The molecule has 1 amide bonds. The molecule has 0 saturated carbocycles. The molecular weight excluding hydrogens is 419 g/mol. The predicted octanol–water partition coefficient (Wildman–Crippen LogP) is 3.54. The summed E-state index contributed by atoms with van der Waals surface area (Å²) in [4.78, 5) is 16.3. The first-order chi connectivity index (χ1) is 14.8. The number of sulfonamides is 1. The smallest absolute Gasteiger partial charge is 0.261 e. The van der Waals surface area contributed by atoms with Gasteiger partial charge in [-0.2, -0.15) is 0 Å². The van der Waals surface area contributed by atoms with E-state index in [-0.39, 0.29) is 10.8 Å². The standard InChI is InChI=1S/C22H19FN4O3S/c1-24-22(28)15-5-3-14(4-6-15)21-25-19-13-17(9-12-20(19)27(21)2)26-31(29,30)18-10-7-16(23)8-11-18/h3-13,26H,1-2H3,(H,24,28). The van der Waals surface area contributed by atoms with Crippen LogP contribution in [0.5, 0.6) is 0 Å². The Labute approximate surface area is 178 Å². The maximum Gasteiger partial charge on any atom is 0.261 e. The van der Waals surface area contributed by atoms with E-state index >= 15 is 0 Å². The highest BCUT2D eigenvalue weighted by Crippen LogP contribution is 2.27. The van der Waals surface area contributed by atoms with Crippen molar-refractivity contribution in [3.63, 3.8) is 0 Å². The first-order valence-electron chi connectivity index (χ1n) is 9.36. The molecule has 31 heavy (non-hydrogen) atoms. The number of amides is 1. The largest absolute Gasteiger partial charge is 0.355 e. The van der Waals surface area contributed by atoms with E-state index in [1.165, 1.54) is 12.1 Å². The Hall–Kier alpha value is -3.72. The zero-order valence-electron chi connectivity index (χ0n) is 16.8. The van der Waals surface area contributed by atoms with Crippen LogP contribution in [0.25, 0.3) is 22.4 Å². The number of carbonyl (C=O) groups excluding carboxylic acids is 1. The second-order valence-corrected chi connectivity index (χ2v) is 8.60. The predicted molar refractivity (Wildman–Crippen MR) is 117 cm³/mol. The minimum absolute atomic E-state index is 0.0353. The molecular formula is C22H19FN4O3S. The highest BCUT2D eigenvalue weighted by Gasteiger charge is 2.16. The highest BCUT2D eigenvalue weighted by molar-refractivity contribution is 7.92. The lowest BCUT2D eigenvalue weighted by Crippen LogP contribution is -2.17. The van der Waals surface area contributed by atoms with E-state index in [1.54, 1.807) is 37.4 Å². The van der Waals surface area contributed by atoms with Crippen LogP contribution < -0.4 is 10.0 Å². The molecule has 1 aromatic heterocycles. The summed E-state index contributed by atoms with van der Waals surface area (Å²) in [5, 5.41) is 2.58. The van der Waals surface area contributed by atoms with Crippen LogP contribution >= 0.6 is 0 Å². The van der Waals surface area contributed by atoms with Crippen LogP contribution in [0.3, 0.4) is 0 Å². The molecule has 9 heteroatoms. The fourth-order valence-electron chi connectivity index (χ4n) is 3.26. The number of aromatic nitrogens is 2. The third-order valence-electron chi connectivity index (χ3n) is 4.89. The molecule has 4 rings (SSSR count). The zero-order valence-corrected chi connectivity index (χ0v) is 17.6. The molecule has 7 nitrogen and oxygen atoms in total. The van der Waals surface area contributed by atoms with Gasteiger partial charge in [0.25, 0.3) is 15.9 Å². The molecule has 0 aliphatic rings. The van der Waals surface area contributed by atoms with E-state index in [9.17, 15) is 17.6 Å². The van der Waals surface area contributed by atoms with Crippen molar-refractivity contribution in [3.05, 3.63) is 78.1 Å². The lowest BCUT2D eigenvalue weighted by atomic mass is 10.1. The molecule has 1 heterocycles. The average Bonchev–Trinajstić information content (AvgIpc) is 3.09. The average molecular weight is 438 g/mol. The normalized spacial score (nSPS) is 11.5. The highest BCUT2D eigenvalue weighted by atomic mass is 32.2. The van der Waals surface area contributed by atoms with Gasteiger partial charge in [-0.05, 0) is 54.6 Å². The van der Waals surface area contributed by atoms with Gasteiger partial charge in [-0.15, -0.1) is 0 Å². The van der Waals surface area contributed by atoms with Crippen LogP contribution in [0.15, 0.2) is 71.6 Å². The topological polar surface area (TPSA) is 93.1 Å². The van der Waals surface area contributed by atoms with Gasteiger partial charge in [0, 0.05) is 25.2 Å². The third-order valence-corrected chi connectivity index (χ3v) is 6.29. The first-order valence-corrected chi connectivity index (χ1v) is 10.8. The van der Waals surface area contributed by atoms with E-state index in [0.29, 0.717) is 22.6 Å². The maximum atomic E-state index is 13.1. The summed E-state index contributed by atoms with van der Waals surface area (Å²) in [6.07, 6.45) is 0. The Kier molecular flexibility index (Phi) is 5.20. The summed E-state index contributed by atoms with van der Waals surface area (Å²) < 4.78 is 42.6. The summed E-state index contributed by atoms with van der Waals surface area (Å²) in [6, 6.07) is 16.7. The van der Waals surface area contributed by atoms with Crippen LogP contribution in [0.4, 0.5) is 10.1 Å². The molecule has 0 radical (unpaired) electrons. The van der Waals surface area contributed by atoms with Crippen LogP contribution in [0.2, 0.25) is 0 Å². The van der Waals surface area contributed by atoms with Gasteiger partial charge in [0.05, 0.1) is 21.6 Å². The summed E-state index contributed by atoms with van der Waals surface area (Å²) in [7, 11) is -0.425. The van der Waals surface area contributed by atoms with Gasteiger partial charge in [-0.3, -0.25) is 9.52 Å².